The van der Waals surface area contributed by atoms with Gasteiger partial charge in [0.2, 0.25) is 0 Å². The zero-order valence-electron chi connectivity index (χ0n) is 16.4. The van der Waals surface area contributed by atoms with Crippen LogP contribution in [0.15, 0.2) is 29.1 Å². The number of hydrogen-bond acceptors (Lipinski definition) is 3. The highest BCUT2D eigenvalue weighted by Crippen LogP contribution is 2.37. The summed E-state index contributed by atoms with van der Waals surface area (Å²) in [5, 5.41) is 20.1. The average molecular weight is 332 g/mol. The second-order valence-electron chi connectivity index (χ2n) is 8.58. The van der Waals surface area contributed by atoms with Crippen LogP contribution < -0.4 is 0 Å². The summed E-state index contributed by atoms with van der Waals surface area (Å²) in [7, 11) is 0. The Hall–Kier alpha value is -1.77. The molecule has 0 bridgehead atoms. The Morgan fingerprint density at radius 2 is 1.71 bits per heavy atom. The number of aliphatic hydroxyl groups excluding tert-OH is 1. The molecular weight excluding hydrogens is 298 g/mol. The monoisotopic (exact) mass is 331 g/mol. The molecule has 3 heteroatoms. The number of aromatic hydroxyl groups is 1. The lowest BCUT2D eigenvalue weighted by Gasteiger charge is -2.27. The van der Waals surface area contributed by atoms with Crippen LogP contribution in [0.1, 0.15) is 78.5 Å². The molecule has 0 spiro atoms. The van der Waals surface area contributed by atoms with Crippen LogP contribution in [-0.4, -0.2) is 16.4 Å². The molecule has 0 fully saturated rings. The van der Waals surface area contributed by atoms with Crippen LogP contribution in [0.5, 0.6) is 5.75 Å². The maximum atomic E-state index is 10.7. The standard InChI is InChI=1S/C21H33NO2/c1-9-14(2)18(13-23)22-12-15-10-16(20(3,4)5)11-17(19(15)24)21(6,7)8/h10-14,23-24H,9H2,1-8H3/t14-/m0/s1. The number of hydrogen-bond donors (Lipinski definition) is 2. The molecule has 1 rings (SSSR count). The third-order valence-electron chi connectivity index (χ3n) is 4.42. The van der Waals surface area contributed by atoms with Gasteiger partial charge < -0.3 is 10.2 Å². The Morgan fingerprint density at radius 3 is 2.12 bits per heavy atom. The summed E-state index contributed by atoms with van der Waals surface area (Å²) in [5.41, 5.74) is 3.19. The molecule has 0 aliphatic carbocycles. The Labute approximate surface area is 147 Å². The fourth-order valence-electron chi connectivity index (χ4n) is 2.40. The first kappa shape index (κ1) is 20.3. The number of benzene rings is 1. The van der Waals surface area contributed by atoms with E-state index in [1.807, 2.05) is 13.0 Å². The number of rotatable bonds is 4. The van der Waals surface area contributed by atoms with E-state index in [-0.39, 0.29) is 22.5 Å². The molecule has 1 aromatic carbocycles. The Morgan fingerprint density at radius 1 is 1.12 bits per heavy atom. The number of aliphatic imine (C=N–C) groups is 1. The second-order valence-corrected chi connectivity index (χ2v) is 8.58. The van der Waals surface area contributed by atoms with E-state index < -0.39 is 0 Å². The molecule has 0 saturated heterocycles. The molecule has 134 valence electrons. The molecule has 0 heterocycles. The predicted octanol–water partition coefficient (Wildman–Crippen LogP) is 5.85. The zero-order chi connectivity index (χ0) is 18.7. The quantitative estimate of drug-likeness (QED) is 0.537. The van der Waals surface area contributed by atoms with Crippen LogP contribution in [0.4, 0.5) is 0 Å². The highest BCUT2D eigenvalue weighted by molar-refractivity contribution is 5.85. The van der Waals surface area contributed by atoms with Crippen LogP contribution in [0, 0.1) is 5.92 Å². The molecule has 0 aliphatic rings. The molecule has 2 N–H and O–H groups in total. The average Bonchev–Trinajstić information content (AvgIpc) is 2.46. The van der Waals surface area contributed by atoms with Crippen LogP contribution in [0.2, 0.25) is 0 Å². The molecular formula is C21H33NO2. The molecule has 0 aromatic heterocycles. The van der Waals surface area contributed by atoms with Gasteiger partial charge in [-0.2, -0.15) is 0 Å². The fraction of sp³-hybridized carbons (Fsp3) is 0.571. The third kappa shape index (κ3) is 4.86. The Bertz CT molecular complexity index is 628. The lowest BCUT2D eigenvalue weighted by Crippen LogP contribution is -2.17. The minimum Gasteiger partial charge on any atom is -0.514 e. The molecule has 0 saturated carbocycles. The van der Waals surface area contributed by atoms with Crippen molar-refractivity contribution in [1.29, 1.82) is 0 Å². The van der Waals surface area contributed by atoms with Crippen molar-refractivity contribution in [2.75, 3.05) is 0 Å². The summed E-state index contributed by atoms with van der Waals surface area (Å²) < 4.78 is 0. The van der Waals surface area contributed by atoms with Crippen molar-refractivity contribution in [3.05, 3.63) is 40.8 Å². The van der Waals surface area contributed by atoms with Gasteiger partial charge in [-0.15, -0.1) is 0 Å². The van der Waals surface area contributed by atoms with Gasteiger partial charge in [0, 0.05) is 23.3 Å². The third-order valence-corrected chi connectivity index (χ3v) is 4.42. The summed E-state index contributed by atoms with van der Waals surface area (Å²) in [4.78, 5) is 4.42. The maximum absolute atomic E-state index is 10.7. The number of aliphatic hydroxyl groups is 1. The first-order valence-electron chi connectivity index (χ1n) is 8.68. The molecule has 0 aliphatic heterocycles. The van der Waals surface area contributed by atoms with Crippen molar-refractivity contribution in [1.82, 2.24) is 0 Å². The summed E-state index contributed by atoms with van der Waals surface area (Å²) in [6.45, 7) is 16.8. The van der Waals surface area contributed by atoms with Crippen molar-refractivity contribution in [3.63, 3.8) is 0 Å². The molecule has 0 unspecified atom stereocenters. The van der Waals surface area contributed by atoms with Crippen molar-refractivity contribution in [2.45, 2.75) is 72.6 Å². The van der Waals surface area contributed by atoms with Gasteiger partial charge in [0.25, 0.3) is 0 Å². The van der Waals surface area contributed by atoms with Gasteiger partial charge in [0.1, 0.15) is 12.0 Å². The smallest absolute Gasteiger partial charge is 0.128 e. The summed E-state index contributed by atoms with van der Waals surface area (Å²) in [6, 6.07) is 4.07. The van der Waals surface area contributed by atoms with Gasteiger partial charge in [-0.3, -0.25) is 4.99 Å². The predicted molar refractivity (Wildman–Crippen MR) is 103 cm³/mol. The van der Waals surface area contributed by atoms with Crippen molar-refractivity contribution in [3.8, 4) is 5.75 Å². The molecule has 1 aromatic rings. The van der Waals surface area contributed by atoms with E-state index in [1.54, 1.807) is 6.21 Å². The number of nitrogens with zero attached hydrogens (tertiary/aromatic N) is 1. The van der Waals surface area contributed by atoms with Gasteiger partial charge in [-0.05, 0) is 28.9 Å². The zero-order valence-corrected chi connectivity index (χ0v) is 16.4. The highest BCUT2D eigenvalue weighted by Gasteiger charge is 2.24. The summed E-state index contributed by atoms with van der Waals surface area (Å²) in [6.07, 6.45) is 3.61. The normalized spacial score (nSPS) is 15.1. The van der Waals surface area contributed by atoms with Crippen LogP contribution >= 0.6 is 0 Å². The van der Waals surface area contributed by atoms with Crippen molar-refractivity contribution >= 4 is 6.21 Å². The summed E-state index contributed by atoms with van der Waals surface area (Å²) in [5.74, 6) is 0.432. The molecule has 3 nitrogen and oxygen atoms in total. The largest absolute Gasteiger partial charge is 0.514 e. The van der Waals surface area contributed by atoms with Gasteiger partial charge in [0.05, 0.1) is 5.70 Å². The van der Waals surface area contributed by atoms with Gasteiger partial charge >= 0.3 is 0 Å². The van der Waals surface area contributed by atoms with Gasteiger partial charge in [-0.25, -0.2) is 0 Å². The first-order valence-corrected chi connectivity index (χ1v) is 8.68. The minimum absolute atomic E-state index is 0.0252. The fourth-order valence-corrected chi connectivity index (χ4v) is 2.40. The Balaban J connectivity index is 3.47. The minimum atomic E-state index is -0.166. The summed E-state index contributed by atoms with van der Waals surface area (Å²) >= 11 is 0. The van der Waals surface area contributed by atoms with E-state index in [0.717, 1.165) is 23.8 Å². The first-order chi connectivity index (χ1) is 10.9. The lowest BCUT2D eigenvalue weighted by molar-refractivity contribution is 0.443. The van der Waals surface area contributed by atoms with Crippen LogP contribution in [-0.2, 0) is 10.8 Å². The van der Waals surface area contributed by atoms with E-state index in [4.69, 9.17) is 0 Å². The van der Waals surface area contributed by atoms with Crippen LogP contribution in [0.3, 0.4) is 0 Å². The van der Waals surface area contributed by atoms with E-state index >= 15 is 0 Å². The maximum Gasteiger partial charge on any atom is 0.128 e. The van der Waals surface area contributed by atoms with Crippen molar-refractivity contribution in [2.24, 2.45) is 10.9 Å². The number of phenols is 1. The molecule has 24 heavy (non-hydrogen) atoms. The molecule has 0 radical (unpaired) electrons. The van der Waals surface area contributed by atoms with Gasteiger partial charge in [0.15, 0.2) is 0 Å². The van der Waals surface area contributed by atoms with Gasteiger partial charge in [-0.1, -0.05) is 61.5 Å². The highest BCUT2D eigenvalue weighted by atomic mass is 16.3. The van der Waals surface area contributed by atoms with E-state index in [2.05, 4.69) is 59.5 Å². The number of allylic oxidation sites excluding steroid dienone is 1. The van der Waals surface area contributed by atoms with Crippen LogP contribution in [0.25, 0.3) is 0 Å². The topological polar surface area (TPSA) is 52.8 Å². The Kier molecular flexibility index (Phi) is 6.26. The molecule has 1 atom stereocenters. The molecule has 0 amide bonds. The SMILES string of the molecule is CC[C@H](C)C(=CO)N=Cc1cc(C(C)(C)C)cc(C(C)(C)C)c1O. The van der Waals surface area contributed by atoms with Crippen molar-refractivity contribution < 1.29 is 10.2 Å². The van der Waals surface area contributed by atoms with E-state index in [0.29, 0.717) is 11.3 Å². The lowest BCUT2D eigenvalue weighted by atomic mass is 9.79. The van der Waals surface area contributed by atoms with E-state index in [1.165, 1.54) is 0 Å². The second kappa shape index (κ2) is 7.42. The van der Waals surface area contributed by atoms with E-state index in [9.17, 15) is 10.2 Å². The number of phenolic OH excluding ortho intramolecular Hbond substituents is 1.